The first-order valence-electron chi connectivity index (χ1n) is 11.7. The van der Waals surface area contributed by atoms with Gasteiger partial charge in [-0.1, -0.05) is 12.1 Å². The lowest BCUT2D eigenvalue weighted by Gasteiger charge is -2.28. The summed E-state index contributed by atoms with van der Waals surface area (Å²) in [5.41, 5.74) is 2.37. The van der Waals surface area contributed by atoms with Crippen LogP contribution in [0, 0.1) is 11.3 Å². The van der Waals surface area contributed by atoms with E-state index in [1.165, 1.54) is 25.9 Å². The van der Waals surface area contributed by atoms with Gasteiger partial charge in [0, 0.05) is 24.7 Å². The number of nitrogens with zero attached hydrogens (tertiary/aromatic N) is 3. The van der Waals surface area contributed by atoms with Crippen molar-refractivity contribution in [1.82, 2.24) is 9.80 Å². The van der Waals surface area contributed by atoms with Crippen molar-refractivity contribution in [1.29, 1.82) is 5.26 Å². The summed E-state index contributed by atoms with van der Waals surface area (Å²) in [7, 11) is 0. The summed E-state index contributed by atoms with van der Waals surface area (Å²) in [5, 5.41) is 16.0. The first-order valence-corrected chi connectivity index (χ1v) is 11.7. The van der Waals surface area contributed by atoms with Crippen LogP contribution in [0.25, 0.3) is 0 Å². The van der Waals surface area contributed by atoms with Gasteiger partial charge in [-0.25, -0.2) is 4.79 Å². The summed E-state index contributed by atoms with van der Waals surface area (Å²) in [5.74, 6) is -1.89. The van der Waals surface area contributed by atoms with Gasteiger partial charge < -0.3 is 19.6 Å². The largest absolute Gasteiger partial charge is 0.490 e. The van der Waals surface area contributed by atoms with E-state index in [0.717, 1.165) is 42.8 Å². The molecule has 0 aromatic heterocycles. The number of carboxylic acids is 1. The van der Waals surface area contributed by atoms with Crippen molar-refractivity contribution in [2.24, 2.45) is 0 Å². The van der Waals surface area contributed by atoms with Gasteiger partial charge in [-0.3, -0.25) is 4.79 Å². The maximum atomic E-state index is 13.0. The van der Waals surface area contributed by atoms with Crippen LogP contribution in [0.5, 0.6) is 5.75 Å². The number of benzene rings is 2. The minimum absolute atomic E-state index is 0.130. The molecule has 2 aromatic carbocycles. The molecule has 0 aliphatic carbocycles. The number of carbonyl (C=O) groups excluding carboxylic acids is 1. The number of hydrogen-bond acceptors (Lipinski definition) is 5. The highest BCUT2D eigenvalue weighted by molar-refractivity contribution is 5.94. The van der Waals surface area contributed by atoms with Crippen LogP contribution in [-0.2, 0) is 11.4 Å². The number of aliphatic carboxylic acids is 1. The second-order valence-corrected chi connectivity index (χ2v) is 8.73. The lowest BCUT2D eigenvalue weighted by Crippen LogP contribution is -2.42. The molecule has 0 radical (unpaired) electrons. The Kier molecular flexibility index (Phi) is 9.31. The molecule has 2 aliphatic heterocycles. The maximum Gasteiger partial charge on any atom is 0.490 e. The Morgan fingerprint density at radius 2 is 1.61 bits per heavy atom. The third-order valence-corrected chi connectivity index (χ3v) is 6.14. The van der Waals surface area contributed by atoms with E-state index >= 15 is 0 Å². The summed E-state index contributed by atoms with van der Waals surface area (Å²) in [4.78, 5) is 26.5. The molecule has 1 atom stereocenters. The first-order chi connectivity index (χ1) is 17.2. The number of carbonyl (C=O) groups is 2. The highest BCUT2D eigenvalue weighted by Crippen LogP contribution is 2.24. The Morgan fingerprint density at radius 1 is 1.00 bits per heavy atom. The van der Waals surface area contributed by atoms with Crippen molar-refractivity contribution >= 4 is 11.9 Å². The second-order valence-electron chi connectivity index (χ2n) is 8.73. The molecule has 2 heterocycles. The Morgan fingerprint density at radius 3 is 2.17 bits per heavy atom. The normalized spacial score (nSPS) is 17.7. The highest BCUT2D eigenvalue weighted by atomic mass is 19.4. The van der Waals surface area contributed by atoms with Gasteiger partial charge in [0.15, 0.2) is 0 Å². The first kappa shape index (κ1) is 27.0. The molecule has 7 nitrogen and oxygen atoms in total. The van der Waals surface area contributed by atoms with E-state index in [0.29, 0.717) is 18.2 Å². The number of ether oxygens (including phenoxy) is 1. The van der Waals surface area contributed by atoms with Crippen LogP contribution in [-0.4, -0.2) is 65.2 Å². The van der Waals surface area contributed by atoms with Gasteiger partial charge in [0.25, 0.3) is 5.91 Å². The summed E-state index contributed by atoms with van der Waals surface area (Å²) in [6.45, 7) is 4.64. The molecule has 1 amide bonds. The predicted octanol–water partition coefficient (Wildman–Crippen LogP) is 4.47. The fourth-order valence-corrected chi connectivity index (χ4v) is 4.26. The van der Waals surface area contributed by atoms with Gasteiger partial charge in [0.2, 0.25) is 0 Å². The van der Waals surface area contributed by atoms with Gasteiger partial charge in [-0.2, -0.15) is 18.4 Å². The molecule has 2 saturated heterocycles. The molecule has 1 unspecified atom stereocenters. The molecule has 2 aliphatic rings. The third-order valence-electron chi connectivity index (χ3n) is 6.14. The van der Waals surface area contributed by atoms with Crippen molar-refractivity contribution in [2.45, 2.75) is 44.5 Å². The summed E-state index contributed by atoms with van der Waals surface area (Å²) < 4.78 is 37.6. The van der Waals surface area contributed by atoms with Crippen LogP contribution in [0.15, 0.2) is 48.5 Å². The Labute approximate surface area is 207 Å². The minimum Gasteiger partial charge on any atom is -0.489 e. The fraction of sp³-hybridized carbons (Fsp3) is 0.423. The van der Waals surface area contributed by atoms with Crippen molar-refractivity contribution in [3.63, 3.8) is 0 Å². The lowest BCUT2D eigenvalue weighted by molar-refractivity contribution is -0.192. The Balaban J connectivity index is 0.000000454. The SMILES string of the molecule is N#Cc1ccc(COc2ccc(C(=O)N3CCCC3CN3CCCC3)cc2)cc1.O=C(O)C(F)(F)F. The van der Waals surface area contributed by atoms with Crippen LogP contribution in [0.3, 0.4) is 0 Å². The summed E-state index contributed by atoms with van der Waals surface area (Å²) in [6.07, 6.45) is -0.320. The minimum atomic E-state index is -5.08. The van der Waals surface area contributed by atoms with E-state index in [-0.39, 0.29) is 5.91 Å². The number of rotatable bonds is 6. The zero-order valence-electron chi connectivity index (χ0n) is 19.7. The van der Waals surface area contributed by atoms with Crippen molar-refractivity contribution in [3.05, 3.63) is 65.2 Å². The van der Waals surface area contributed by atoms with Crippen LogP contribution in [0.1, 0.15) is 47.2 Å². The molecule has 4 rings (SSSR count). The number of alkyl halides is 3. The second kappa shape index (κ2) is 12.4. The van der Waals surface area contributed by atoms with E-state index < -0.39 is 12.1 Å². The number of carboxylic acid groups (broad SMARTS) is 1. The molecule has 0 spiro atoms. The zero-order valence-corrected chi connectivity index (χ0v) is 19.7. The third kappa shape index (κ3) is 7.71. The lowest BCUT2D eigenvalue weighted by atomic mass is 10.1. The summed E-state index contributed by atoms with van der Waals surface area (Å²) in [6, 6.07) is 17.3. The quantitative estimate of drug-likeness (QED) is 0.625. The maximum absolute atomic E-state index is 13.0. The van der Waals surface area contributed by atoms with E-state index in [1.807, 2.05) is 36.4 Å². The number of amides is 1. The molecule has 0 saturated carbocycles. The Bertz CT molecular complexity index is 1060. The van der Waals surface area contributed by atoms with E-state index in [4.69, 9.17) is 19.9 Å². The van der Waals surface area contributed by atoms with Crippen LogP contribution < -0.4 is 4.74 Å². The van der Waals surface area contributed by atoms with Gasteiger partial charge >= 0.3 is 12.1 Å². The van der Waals surface area contributed by atoms with Gasteiger partial charge in [0.1, 0.15) is 12.4 Å². The zero-order chi connectivity index (χ0) is 26.1. The van der Waals surface area contributed by atoms with Gasteiger partial charge in [-0.05, 0) is 80.7 Å². The number of hydrogen-bond donors (Lipinski definition) is 1. The van der Waals surface area contributed by atoms with Crippen molar-refractivity contribution in [3.8, 4) is 11.8 Å². The fourth-order valence-electron chi connectivity index (χ4n) is 4.26. The van der Waals surface area contributed by atoms with Crippen LogP contribution in [0.2, 0.25) is 0 Å². The monoisotopic (exact) mass is 503 g/mol. The Hall–Kier alpha value is -3.58. The van der Waals surface area contributed by atoms with E-state index in [9.17, 15) is 18.0 Å². The molecular formula is C26H28F3N3O4. The average molecular weight is 504 g/mol. The average Bonchev–Trinajstić information content (AvgIpc) is 3.55. The molecular weight excluding hydrogens is 475 g/mol. The van der Waals surface area contributed by atoms with Crippen molar-refractivity contribution in [2.75, 3.05) is 26.2 Å². The molecule has 10 heteroatoms. The van der Waals surface area contributed by atoms with Gasteiger partial charge in [-0.15, -0.1) is 0 Å². The molecule has 0 bridgehead atoms. The van der Waals surface area contributed by atoms with E-state index in [2.05, 4.69) is 15.9 Å². The topological polar surface area (TPSA) is 93.9 Å². The van der Waals surface area contributed by atoms with Gasteiger partial charge in [0.05, 0.1) is 11.6 Å². The molecule has 36 heavy (non-hydrogen) atoms. The molecule has 2 fully saturated rings. The van der Waals surface area contributed by atoms with Crippen molar-refractivity contribution < 1.29 is 32.6 Å². The van der Waals surface area contributed by atoms with Crippen LogP contribution >= 0.6 is 0 Å². The number of halogens is 3. The van der Waals surface area contributed by atoms with Crippen LogP contribution in [0.4, 0.5) is 13.2 Å². The van der Waals surface area contributed by atoms with E-state index in [1.54, 1.807) is 12.1 Å². The summed E-state index contributed by atoms with van der Waals surface area (Å²) >= 11 is 0. The number of likely N-dealkylation sites (tertiary alicyclic amines) is 2. The smallest absolute Gasteiger partial charge is 0.489 e. The molecule has 2 aromatic rings. The molecule has 1 N–H and O–H groups in total. The standard InChI is InChI=1S/C24H27N3O2.C2HF3O2/c25-16-19-5-7-20(8-6-19)18-29-23-11-9-21(10-12-23)24(28)27-15-3-4-22(27)17-26-13-1-2-14-26;3-2(4,5)1(6)7/h5-12,22H,1-4,13-15,17-18H2;(H,6,7). The number of nitriles is 1. The highest BCUT2D eigenvalue weighted by Gasteiger charge is 2.38. The predicted molar refractivity (Wildman–Crippen MR) is 125 cm³/mol. The molecule has 192 valence electrons.